The molecule has 0 aliphatic carbocycles. The predicted octanol–water partition coefficient (Wildman–Crippen LogP) is 5.92. The van der Waals surface area contributed by atoms with Crippen molar-refractivity contribution in [3.63, 3.8) is 0 Å². The molecule has 0 radical (unpaired) electrons. The molecule has 0 bridgehead atoms. The van der Waals surface area contributed by atoms with E-state index in [1.54, 1.807) is 0 Å². The van der Waals surface area contributed by atoms with Gasteiger partial charge in [-0.1, -0.05) is 73.0 Å². The summed E-state index contributed by atoms with van der Waals surface area (Å²) in [4.78, 5) is 12.5. The number of carbonyl (C=O) groups is 1. The molecule has 0 aromatic carbocycles. The summed E-state index contributed by atoms with van der Waals surface area (Å²) in [5, 5.41) is 3.22. The summed E-state index contributed by atoms with van der Waals surface area (Å²) >= 11 is 0. The molecule has 4 heteroatoms. The highest BCUT2D eigenvalue weighted by molar-refractivity contribution is 6.39. The minimum absolute atomic E-state index is 0.0364. The lowest BCUT2D eigenvalue weighted by Gasteiger charge is -2.32. The fourth-order valence-electron chi connectivity index (χ4n) is 3.52. The Kier molecular flexibility index (Phi) is 11.9. The fourth-order valence-corrected chi connectivity index (χ4v) is 3.52. The average molecular weight is 381 g/mol. The van der Waals surface area contributed by atoms with Gasteiger partial charge in [0.15, 0.2) is 7.28 Å². The predicted molar refractivity (Wildman–Crippen MR) is 121 cm³/mol. The van der Waals surface area contributed by atoms with Crippen LogP contribution in [0, 0.1) is 11.3 Å². The Morgan fingerprint density at radius 1 is 1.00 bits per heavy atom. The maximum Gasteiger partial charge on any atom is 0.223 e. The molecule has 0 aliphatic heterocycles. The second-order valence-corrected chi connectivity index (χ2v) is 10.9. The number of unbranched alkanes of at least 4 members (excludes halogenated alkanes) is 4. The van der Waals surface area contributed by atoms with Gasteiger partial charge in [0, 0.05) is 23.6 Å². The van der Waals surface area contributed by atoms with Gasteiger partial charge in [0.2, 0.25) is 5.91 Å². The molecule has 0 aromatic heterocycles. The van der Waals surface area contributed by atoms with E-state index < -0.39 is 0 Å². The number of carbonyl (C=O) groups excluding carboxylic acids is 1. The van der Waals surface area contributed by atoms with Crippen LogP contribution in [0.25, 0.3) is 0 Å². The van der Waals surface area contributed by atoms with E-state index in [2.05, 4.69) is 60.7 Å². The third-order valence-corrected chi connectivity index (χ3v) is 5.18. The molecule has 0 aromatic rings. The van der Waals surface area contributed by atoms with Crippen LogP contribution in [-0.2, 0) is 9.53 Å². The smallest absolute Gasteiger partial charge is 0.223 e. The number of ether oxygens (including phenoxy) is 1. The Labute approximate surface area is 171 Å². The van der Waals surface area contributed by atoms with Crippen molar-refractivity contribution in [2.75, 3.05) is 6.61 Å². The summed E-state index contributed by atoms with van der Waals surface area (Å²) in [6.07, 6.45) is 9.64. The van der Waals surface area contributed by atoms with Crippen molar-refractivity contribution in [3.8, 4) is 0 Å². The number of hydrogen-bond acceptors (Lipinski definition) is 2. The van der Waals surface area contributed by atoms with Crippen LogP contribution in [0.1, 0.15) is 107 Å². The van der Waals surface area contributed by atoms with Crippen molar-refractivity contribution in [1.29, 1.82) is 0 Å². The second kappa shape index (κ2) is 12.1. The van der Waals surface area contributed by atoms with Crippen molar-refractivity contribution in [2.24, 2.45) is 11.3 Å². The maximum atomic E-state index is 12.5. The van der Waals surface area contributed by atoms with Crippen LogP contribution in [0.4, 0.5) is 0 Å². The van der Waals surface area contributed by atoms with Gasteiger partial charge in [0.05, 0.1) is 0 Å². The van der Waals surface area contributed by atoms with E-state index in [1.165, 1.54) is 38.4 Å². The van der Waals surface area contributed by atoms with Gasteiger partial charge in [-0.05, 0) is 46.0 Å². The summed E-state index contributed by atoms with van der Waals surface area (Å²) in [5.41, 5.74) is -0.144. The Morgan fingerprint density at radius 3 is 2.15 bits per heavy atom. The van der Waals surface area contributed by atoms with E-state index in [9.17, 15) is 4.79 Å². The quantitative estimate of drug-likeness (QED) is 0.299. The molecular formula is C23H48BNO2. The highest BCUT2D eigenvalue weighted by Gasteiger charge is 2.27. The molecule has 0 aliphatic rings. The Bertz CT molecular complexity index is 413. The minimum Gasteiger partial charge on any atom is -0.384 e. The molecule has 0 rings (SSSR count). The summed E-state index contributed by atoms with van der Waals surface area (Å²) in [6.45, 7) is 20.1. The van der Waals surface area contributed by atoms with Crippen molar-refractivity contribution < 1.29 is 9.53 Å². The number of amides is 1. The zero-order valence-corrected chi connectivity index (χ0v) is 20.0. The zero-order chi connectivity index (χ0) is 21.1. The van der Waals surface area contributed by atoms with Gasteiger partial charge in [0.1, 0.15) is 0 Å². The third-order valence-electron chi connectivity index (χ3n) is 5.18. The van der Waals surface area contributed by atoms with Gasteiger partial charge in [-0.15, -0.1) is 0 Å². The molecule has 160 valence electrons. The fraction of sp³-hybridized carbons (Fsp3) is 0.957. The van der Waals surface area contributed by atoms with Gasteiger partial charge in [-0.25, -0.2) is 0 Å². The molecule has 1 amide bonds. The highest BCUT2D eigenvalue weighted by Crippen LogP contribution is 2.25. The summed E-state index contributed by atoms with van der Waals surface area (Å²) in [6, 6.07) is 0. The van der Waals surface area contributed by atoms with Crippen molar-refractivity contribution in [2.45, 2.75) is 125 Å². The Balaban J connectivity index is 4.15. The summed E-state index contributed by atoms with van der Waals surface area (Å²) < 4.78 is 6.16. The summed E-state index contributed by atoms with van der Waals surface area (Å²) in [7, 11) is 1.11. The van der Waals surface area contributed by atoms with E-state index in [0.717, 1.165) is 20.1 Å². The molecule has 0 heterocycles. The number of nitrogens with one attached hydrogen (secondary N) is 1. The van der Waals surface area contributed by atoms with Crippen LogP contribution in [0.3, 0.4) is 0 Å². The molecule has 0 spiro atoms. The van der Waals surface area contributed by atoms with Gasteiger partial charge < -0.3 is 10.1 Å². The van der Waals surface area contributed by atoms with Crippen LogP contribution in [-0.4, -0.2) is 30.8 Å². The molecule has 1 N–H and O–H groups in total. The minimum atomic E-state index is -0.237. The van der Waals surface area contributed by atoms with Gasteiger partial charge >= 0.3 is 0 Å². The normalized spacial score (nSPS) is 14.1. The molecule has 0 saturated heterocycles. The van der Waals surface area contributed by atoms with E-state index in [0.29, 0.717) is 6.61 Å². The lowest BCUT2D eigenvalue weighted by atomic mass is 9.59. The van der Waals surface area contributed by atoms with E-state index in [1.807, 2.05) is 6.92 Å². The number of hydrogen-bond donors (Lipinski definition) is 1. The lowest BCUT2D eigenvalue weighted by molar-refractivity contribution is -0.127. The molecule has 0 fully saturated rings. The first-order valence-corrected chi connectivity index (χ1v) is 11.2. The Morgan fingerprint density at radius 2 is 1.59 bits per heavy atom. The summed E-state index contributed by atoms with van der Waals surface area (Å²) in [5.74, 6) is 0.190. The first kappa shape index (κ1) is 26.5. The molecule has 0 saturated carbocycles. The third kappa shape index (κ3) is 15.1. The first-order valence-electron chi connectivity index (χ1n) is 11.2. The Hall–Kier alpha value is -0.505. The number of rotatable bonds is 14. The monoisotopic (exact) mass is 381 g/mol. The molecule has 3 nitrogen and oxygen atoms in total. The van der Waals surface area contributed by atoms with Crippen LogP contribution in [0.5, 0.6) is 0 Å². The van der Waals surface area contributed by atoms with Gasteiger partial charge in [-0.2, -0.15) is 0 Å². The highest BCUT2D eigenvalue weighted by atomic mass is 16.5. The van der Waals surface area contributed by atoms with Crippen LogP contribution < -0.4 is 5.32 Å². The van der Waals surface area contributed by atoms with E-state index in [-0.39, 0.29) is 28.3 Å². The SMILES string of the molecule is CCCCCCCBC(C)(C)OCCC(C)(C)NC(=O)C(C)CC(C)(C)C. The van der Waals surface area contributed by atoms with Crippen LogP contribution in [0.15, 0.2) is 0 Å². The van der Waals surface area contributed by atoms with Crippen LogP contribution >= 0.6 is 0 Å². The van der Waals surface area contributed by atoms with E-state index in [4.69, 9.17) is 4.74 Å². The van der Waals surface area contributed by atoms with Gasteiger partial charge in [-0.3, -0.25) is 4.79 Å². The average Bonchev–Trinajstić information content (AvgIpc) is 2.48. The molecular weight excluding hydrogens is 333 g/mol. The maximum absolute atomic E-state index is 12.5. The first-order chi connectivity index (χ1) is 12.3. The van der Waals surface area contributed by atoms with Crippen molar-refractivity contribution in [1.82, 2.24) is 5.32 Å². The zero-order valence-electron chi connectivity index (χ0n) is 20.0. The largest absolute Gasteiger partial charge is 0.384 e. The standard InChI is InChI=1S/C23H48BNO2/c1-10-11-12-13-14-16-24-23(8,9)27-17-15-22(6,7)25-20(26)19(2)18-21(3,4)5/h19,24H,10-18H2,1-9H3,(H,25,26). The molecule has 27 heavy (non-hydrogen) atoms. The van der Waals surface area contributed by atoms with Crippen molar-refractivity contribution in [3.05, 3.63) is 0 Å². The lowest BCUT2D eigenvalue weighted by Crippen LogP contribution is -2.47. The van der Waals surface area contributed by atoms with Crippen LogP contribution in [0.2, 0.25) is 6.32 Å². The molecule has 1 unspecified atom stereocenters. The van der Waals surface area contributed by atoms with E-state index >= 15 is 0 Å². The topological polar surface area (TPSA) is 38.3 Å². The second-order valence-electron chi connectivity index (χ2n) is 10.9. The molecule has 1 atom stereocenters. The van der Waals surface area contributed by atoms with Crippen molar-refractivity contribution >= 4 is 13.2 Å². The van der Waals surface area contributed by atoms with Gasteiger partial charge in [0.25, 0.3) is 0 Å².